The maximum atomic E-state index is 10.6. The molecule has 0 fully saturated rings. The van der Waals surface area contributed by atoms with E-state index in [2.05, 4.69) is 6.58 Å². The van der Waals surface area contributed by atoms with Crippen molar-refractivity contribution in [2.75, 3.05) is 19.6 Å². The van der Waals surface area contributed by atoms with Crippen LogP contribution in [0.25, 0.3) is 0 Å². The van der Waals surface area contributed by atoms with Gasteiger partial charge in [-0.2, -0.15) is 0 Å². The standard InChI is InChI=1S/C10H19NO4/c1-7(10(14)15)4-11(5-8(2)12)6-9(3)13/h8-9,12-13H,1,4-6H2,2-3H3,(H,14,15). The number of hydrogen-bond acceptors (Lipinski definition) is 4. The van der Waals surface area contributed by atoms with E-state index in [-0.39, 0.29) is 12.1 Å². The molecule has 0 saturated heterocycles. The lowest BCUT2D eigenvalue weighted by molar-refractivity contribution is -0.133. The molecule has 0 spiro atoms. The van der Waals surface area contributed by atoms with E-state index in [4.69, 9.17) is 5.11 Å². The Kier molecular flexibility index (Phi) is 6.15. The van der Waals surface area contributed by atoms with Gasteiger partial charge >= 0.3 is 5.97 Å². The number of aliphatic hydroxyl groups is 2. The molecular formula is C10H19NO4. The van der Waals surface area contributed by atoms with Gasteiger partial charge in [0.05, 0.1) is 12.2 Å². The van der Waals surface area contributed by atoms with Crippen LogP contribution >= 0.6 is 0 Å². The summed E-state index contributed by atoms with van der Waals surface area (Å²) in [5.74, 6) is -1.06. The van der Waals surface area contributed by atoms with Crippen molar-refractivity contribution in [1.82, 2.24) is 4.90 Å². The largest absolute Gasteiger partial charge is 0.478 e. The Morgan fingerprint density at radius 2 is 1.67 bits per heavy atom. The van der Waals surface area contributed by atoms with Gasteiger partial charge in [0.15, 0.2) is 0 Å². The van der Waals surface area contributed by atoms with Crippen LogP contribution in [0.2, 0.25) is 0 Å². The van der Waals surface area contributed by atoms with Gasteiger partial charge in [-0.1, -0.05) is 6.58 Å². The fraction of sp³-hybridized carbons (Fsp3) is 0.700. The van der Waals surface area contributed by atoms with Crippen molar-refractivity contribution in [2.24, 2.45) is 0 Å². The van der Waals surface area contributed by atoms with E-state index in [1.54, 1.807) is 18.7 Å². The Morgan fingerprint density at radius 1 is 1.27 bits per heavy atom. The van der Waals surface area contributed by atoms with Crippen LogP contribution in [0.5, 0.6) is 0 Å². The quantitative estimate of drug-likeness (QED) is 0.510. The van der Waals surface area contributed by atoms with Gasteiger partial charge in [-0.15, -0.1) is 0 Å². The lowest BCUT2D eigenvalue weighted by Gasteiger charge is -2.24. The summed E-state index contributed by atoms with van der Waals surface area (Å²) in [6.45, 7) is 7.40. The first-order chi connectivity index (χ1) is 6.82. The summed E-state index contributed by atoms with van der Waals surface area (Å²) in [7, 11) is 0. The third kappa shape index (κ3) is 7.07. The zero-order valence-corrected chi connectivity index (χ0v) is 9.18. The van der Waals surface area contributed by atoms with Crippen LogP contribution < -0.4 is 0 Å². The second kappa shape index (κ2) is 6.55. The van der Waals surface area contributed by atoms with E-state index < -0.39 is 18.2 Å². The van der Waals surface area contributed by atoms with Crippen molar-refractivity contribution < 1.29 is 20.1 Å². The van der Waals surface area contributed by atoms with Crippen LogP contribution in [-0.2, 0) is 4.79 Å². The minimum Gasteiger partial charge on any atom is -0.478 e. The van der Waals surface area contributed by atoms with Crippen molar-refractivity contribution in [3.05, 3.63) is 12.2 Å². The normalized spacial score (nSPS) is 15.0. The molecule has 0 aliphatic rings. The van der Waals surface area contributed by atoms with Gasteiger partial charge < -0.3 is 15.3 Å². The van der Waals surface area contributed by atoms with Gasteiger partial charge in [0.1, 0.15) is 0 Å². The Bertz CT molecular complexity index is 215. The number of aliphatic hydroxyl groups excluding tert-OH is 2. The summed E-state index contributed by atoms with van der Waals surface area (Å²) >= 11 is 0. The lowest BCUT2D eigenvalue weighted by Crippen LogP contribution is -2.38. The number of carbonyl (C=O) groups is 1. The van der Waals surface area contributed by atoms with Crippen LogP contribution in [0.15, 0.2) is 12.2 Å². The second-order valence-electron chi connectivity index (χ2n) is 3.80. The molecule has 0 radical (unpaired) electrons. The fourth-order valence-corrected chi connectivity index (χ4v) is 1.29. The molecule has 0 aromatic heterocycles. The summed E-state index contributed by atoms with van der Waals surface area (Å²) in [5, 5.41) is 27.0. The maximum absolute atomic E-state index is 10.6. The summed E-state index contributed by atoms with van der Waals surface area (Å²) in [5.41, 5.74) is 0.0521. The Morgan fingerprint density at radius 3 is 1.93 bits per heavy atom. The molecule has 0 aromatic carbocycles. The van der Waals surface area contributed by atoms with Crippen LogP contribution in [0.1, 0.15) is 13.8 Å². The lowest BCUT2D eigenvalue weighted by atomic mass is 10.2. The first-order valence-electron chi connectivity index (χ1n) is 4.82. The molecule has 5 nitrogen and oxygen atoms in total. The minimum atomic E-state index is -1.06. The van der Waals surface area contributed by atoms with Crippen molar-refractivity contribution in [3.63, 3.8) is 0 Å². The average Bonchev–Trinajstić information content (AvgIpc) is 2.00. The molecule has 0 aliphatic carbocycles. The van der Waals surface area contributed by atoms with Crippen molar-refractivity contribution in [3.8, 4) is 0 Å². The molecule has 0 saturated carbocycles. The minimum absolute atomic E-state index is 0.0521. The van der Waals surface area contributed by atoms with Gasteiger partial charge in [-0.3, -0.25) is 4.90 Å². The molecule has 0 aromatic rings. The highest BCUT2D eigenvalue weighted by Gasteiger charge is 2.14. The predicted molar refractivity (Wildman–Crippen MR) is 56.6 cm³/mol. The highest BCUT2D eigenvalue weighted by molar-refractivity contribution is 5.86. The van der Waals surface area contributed by atoms with Crippen LogP contribution in [-0.4, -0.2) is 58.0 Å². The van der Waals surface area contributed by atoms with Gasteiger partial charge in [-0.25, -0.2) is 4.79 Å². The summed E-state index contributed by atoms with van der Waals surface area (Å²) in [4.78, 5) is 12.2. The van der Waals surface area contributed by atoms with Gasteiger partial charge in [0.2, 0.25) is 0 Å². The molecule has 0 heterocycles. The number of carboxylic acid groups (broad SMARTS) is 1. The number of aliphatic carboxylic acids is 1. The zero-order valence-electron chi connectivity index (χ0n) is 9.18. The molecule has 5 heteroatoms. The molecule has 0 amide bonds. The Labute approximate surface area is 89.6 Å². The molecular weight excluding hydrogens is 198 g/mol. The number of carboxylic acids is 1. The molecule has 0 aliphatic heterocycles. The topological polar surface area (TPSA) is 81.0 Å². The predicted octanol–water partition coefficient (Wildman–Crippen LogP) is -0.309. The van der Waals surface area contributed by atoms with E-state index in [0.29, 0.717) is 13.1 Å². The Hall–Kier alpha value is -0.910. The van der Waals surface area contributed by atoms with E-state index in [1.165, 1.54) is 0 Å². The third-order valence-corrected chi connectivity index (χ3v) is 1.76. The fourth-order valence-electron chi connectivity index (χ4n) is 1.29. The average molecular weight is 217 g/mol. The summed E-state index contributed by atoms with van der Waals surface area (Å²) in [6.07, 6.45) is -1.13. The molecule has 0 rings (SSSR count). The van der Waals surface area contributed by atoms with E-state index in [9.17, 15) is 15.0 Å². The first kappa shape index (κ1) is 14.1. The van der Waals surface area contributed by atoms with Crippen molar-refractivity contribution in [1.29, 1.82) is 0 Å². The SMILES string of the molecule is C=C(CN(CC(C)O)CC(C)O)C(=O)O. The summed E-state index contributed by atoms with van der Waals surface area (Å²) in [6, 6.07) is 0. The molecule has 3 N–H and O–H groups in total. The van der Waals surface area contributed by atoms with Crippen molar-refractivity contribution >= 4 is 5.97 Å². The smallest absolute Gasteiger partial charge is 0.332 e. The highest BCUT2D eigenvalue weighted by Crippen LogP contribution is 2.01. The number of rotatable bonds is 7. The maximum Gasteiger partial charge on any atom is 0.332 e. The third-order valence-electron chi connectivity index (χ3n) is 1.76. The monoisotopic (exact) mass is 217 g/mol. The van der Waals surface area contributed by atoms with Gasteiger partial charge in [-0.05, 0) is 13.8 Å². The van der Waals surface area contributed by atoms with Gasteiger partial charge in [0, 0.05) is 25.2 Å². The molecule has 15 heavy (non-hydrogen) atoms. The first-order valence-corrected chi connectivity index (χ1v) is 4.82. The van der Waals surface area contributed by atoms with Crippen LogP contribution in [0, 0.1) is 0 Å². The molecule has 2 unspecified atom stereocenters. The van der Waals surface area contributed by atoms with Crippen LogP contribution in [0.3, 0.4) is 0 Å². The second-order valence-corrected chi connectivity index (χ2v) is 3.80. The van der Waals surface area contributed by atoms with E-state index >= 15 is 0 Å². The number of nitrogens with zero attached hydrogens (tertiary/aromatic N) is 1. The van der Waals surface area contributed by atoms with E-state index in [1.807, 2.05) is 0 Å². The number of hydrogen-bond donors (Lipinski definition) is 3. The van der Waals surface area contributed by atoms with Crippen LogP contribution in [0.4, 0.5) is 0 Å². The highest BCUT2D eigenvalue weighted by atomic mass is 16.4. The molecule has 88 valence electrons. The van der Waals surface area contributed by atoms with E-state index in [0.717, 1.165) is 0 Å². The summed E-state index contributed by atoms with van der Waals surface area (Å²) < 4.78 is 0. The molecule has 0 bridgehead atoms. The molecule has 2 atom stereocenters. The Balaban J connectivity index is 4.23. The van der Waals surface area contributed by atoms with Gasteiger partial charge in [0.25, 0.3) is 0 Å². The zero-order chi connectivity index (χ0) is 12.0. The van der Waals surface area contributed by atoms with Crippen molar-refractivity contribution in [2.45, 2.75) is 26.1 Å².